The lowest BCUT2D eigenvalue weighted by molar-refractivity contribution is -0.123. The molecule has 0 saturated carbocycles. The number of phenols is 1. The Bertz CT molecular complexity index is 1040. The molecule has 0 unspecified atom stereocenters. The Morgan fingerprint density at radius 2 is 1.62 bits per heavy atom. The third kappa shape index (κ3) is 4.57. The normalized spacial score (nSPS) is 12.9. The van der Waals surface area contributed by atoms with Gasteiger partial charge in [0.25, 0.3) is 5.91 Å². The first-order valence-electron chi connectivity index (χ1n) is 9.73. The third-order valence-corrected chi connectivity index (χ3v) is 5.10. The van der Waals surface area contributed by atoms with Crippen LogP contribution < -0.4 is 5.32 Å². The SMILES string of the molecule is CC[C@@H](C)c1ccccc1NC(=O)[C@@H](C)OC(=O)c1cc2ccccc2cc1O. The van der Waals surface area contributed by atoms with Crippen LogP contribution >= 0.6 is 0 Å². The molecule has 0 spiro atoms. The molecule has 150 valence electrons. The summed E-state index contributed by atoms with van der Waals surface area (Å²) < 4.78 is 5.32. The van der Waals surface area contributed by atoms with Gasteiger partial charge in [0.15, 0.2) is 6.10 Å². The van der Waals surface area contributed by atoms with Crippen molar-refractivity contribution in [2.24, 2.45) is 0 Å². The van der Waals surface area contributed by atoms with Gasteiger partial charge in [-0.25, -0.2) is 4.79 Å². The summed E-state index contributed by atoms with van der Waals surface area (Å²) in [4.78, 5) is 25.1. The number of anilines is 1. The van der Waals surface area contributed by atoms with Crippen molar-refractivity contribution in [1.29, 1.82) is 0 Å². The number of esters is 1. The van der Waals surface area contributed by atoms with Gasteiger partial charge in [0, 0.05) is 5.69 Å². The average molecular weight is 391 g/mol. The third-order valence-electron chi connectivity index (χ3n) is 5.10. The number of benzene rings is 3. The second-order valence-electron chi connectivity index (χ2n) is 7.15. The minimum Gasteiger partial charge on any atom is -0.507 e. The second-order valence-corrected chi connectivity index (χ2v) is 7.15. The standard InChI is InChI=1S/C24H25NO4/c1-4-15(2)19-11-7-8-12-21(19)25-23(27)16(3)29-24(28)20-13-17-9-5-6-10-18(17)14-22(20)26/h5-16,26H,4H2,1-3H3,(H,25,27)/t15-,16-/m1/s1. The zero-order chi connectivity index (χ0) is 21.0. The van der Waals surface area contributed by atoms with Gasteiger partial charge in [-0.15, -0.1) is 0 Å². The van der Waals surface area contributed by atoms with E-state index in [0.29, 0.717) is 11.6 Å². The number of phenolic OH excluding ortho intramolecular Hbond substituents is 1. The van der Waals surface area contributed by atoms with E-state index < -0.39 is 18.0 Å². The maximum Gasteiger partial charge on any atom is 0.342 e. The number of rotatable bonds is 6. The van der Waals surface area contributed by atoms with E-state index in [4.69, 9.17) is 4.74 Å². The van der Waals surface area contributed by atoms with E-state index in [1.54, 1.807) is 6.07 Å². The first-order chi connectivity index (χ1) is 13.9. The predicted molar refractivity (Wildman–Crippen MR) is 114 cm³/mol. The van der Waals surface area contributed by atoms with Crippen molar-refractivity contribution in [2.75, 3.05) is 5.32 Å². The Labute approximate surface area is 170 Å². The number of ether oxygens (including phenoxy) is 1. The monoisotopic (exact) mass is 391 g/mol. The Morgan fingerprint density at radius 1 is 1.00 bits per heavy atom. The predicted octanol–water partition coefficient (Wildman–Crippen LogP) is 5.24. The zero-order valence-corrected chi connectivity index (χ0v) is 16.8. The number of hydrogen-bond acceptors (Lipinski definition) is 4. The van der Waals surface area contributed by atoms with Crippen molar-refractivity contribution < 1.29 is 19.4 Å². The summed E-state index contributed by atoms with van der Waals surface area (Å²) >= 11 is 0. The van der Waals surface area contributed by atoms with Crippen LogP contribution in [0, 0.1) is 0 Å². The summed E-state index contributed by atoms with van der Waals surface area (Å²) in [7, 11) is 0. The lowest BCUT2D eigenvalue weighted by atomic mass is 9.97. The van der Waals surface area contributed by atoms with Crippen LogP contribution in [-0.4, -0.2) is 23.1 Å². The number of fused-ring (bicyclic) bond motifs is 1. The number of carbonyl (C=O) groups is 2. The average Bonchev–Trinajstić information content (AvgIpc) is 2.72. The molecule has 0 aliphatic heterocycles. The number of hydrogen-bond donors (Lipinski definition) is 2. The summed E-state index contributed by atoms with van der Waals surface area (Å²) in [5.41, 5.74) is 1.78. The maximum absolute atomic E-state index is 12.6. The molecule has 5 nitrogen and oxygen atoms in total. The Morgan fingerprint density at radius 3 is 2.31 bits per heavy atom. The maximum atomic E-state index is 12.6. The van der Waals surface area contributed by atoms with Crippen LogP contribution in [0.1, 0.15) is 49.0 Å². The molecule has 0 aliphatic rings. The van der Waals surface area contributed by atoms with Crippen molar-refractivity contribution in [3.8, 4) is 5.75 Å². The number of para-hydroxylation sites is 1. The van der Waals surface area contributed by atoms with Gasteiger partial charge < -0.3 is 15.2 Å². The van der Waals surface area contributed by atoms with Gasteiger partial charge in [-0.05, 0) is 53.8 Å². The van der Waals surface area contributed by atoms with Crippen LogP contribution in [0.2, 0.25) is 0 Å². The first kappa shape index (κ1) is 20.4. The van der Waals surface area contributed by atoms with Crippen LogP contribution in [0.3, 0.4) is 0 Å². The van der Waals surface area contributed by atoms with Gasteiger partial charge in [0.1, 0.15) is 11.3 Å². The van der Waals surface area contributed by atoms with Crippen LogP contribution in [0.15, 0.2) is 60.7 Å². The second kappa shape index (κ2) is 8.78. The van der Waals surface area contributed by atoms with Gasteiger partial charge >= 0.3 is 5.97 Å². The molecule has 29 heavy (non-hydrogen) atoms. The molecule has 0 heterocycles. The van der Waals surface area contributed by atoms with E-state index in [-0.39, 0.29) is 11.3 Å². The highest BCUT2D eigenvalue weighted by molar-refractivity contribution is 6.01. The first-order valence-corrected chi connectivity index (χ1v) is 9.73. The minimum absolute atomic E-state index is 0.0309. The van der Waals surface area contributed by atoms with Crippen LogP contribution in [0.4, 0.5) is 5.69 Å². The molecular formula is C24H25NO4. The minimum atomic E-state index is -1.02. The number of amides is 1. The molecule has 0 saturated heterocycles. The van der Waals surface area contributed by atoms with Crippen molar-refractivity contribution in [3.63, 3.8) is 0 Å². The van der Waals surface area contributed by atoms with Crippen LogP contribution in [0.5, 0.6) is 5.75 Å². The van der Waals surface area contributed by atoms with E-state index in [1.165, 1.54) is 13.0 Å². The van der Waals surface area contributed by atoms with Crippen molar-refractivity contribution in [3.05, 3.63) is 71.8 Å². The highest BCUT2D eigenvalue weighted by Crippen LogP contribution is 2.28. The molecule has 0 bridgehead atoms. The lowest BCUT2D eigenvalue weighted by Gasteiger charge is -2.18. The molecule has 0 radical (unpaired) electrons. The summed E-state index contributed by atoms with van der Waals surface area (Å²) in [5.74, 6) is -1.05. The molecule has 2 N–H and O–H groups in total. The van der Waals surface area contributed by atoms with E-state index in [1.807, 2.05) is 48.5 Å². The molecule has 0 aromatic heterocycles. The highest BCUT2D eigenvalue weighted by Gasteiger charge is 2.22. The smallest absolute Gasteiger partial charge is 0.342 e. The Hall–Kier alpha value is -3.34. The highest BCUT2D eigenvalue weighted by atomic mass is 16.5. The van der Waals surface area contributed by atoms with Gasteiger partial charge in [-0.1, -0.05) is 56.3 Å². The fourth-order valence-corrected chi connectivity index (χ4v) is 3.16. The Kier molecular flexibility index (Phi) is 6.17. The largest absolute Gasteiger partial charge is 0.507 e. The number of carbonyl (C=O) groups excluding carboxylic acids is 2. The molecule has 3 aromatic carbocycles. The molecule has 5 heteroatoms. The topological polar surface area (TPSA) is 75.6 Å². The zero-order valence-electron chi connectivity index (χ0n) is 16.8. The number of nitrogens with one attached hydrogen (secondary N) is 1. The fourth-order valence-electron chi connectivity index (χ4n) is 3.16. The molecule has 2 atom stereocenters. The van der Waals surface area contributed by atoms with Crippen molar-refractivity contribution >= 4 is 28.3 Å². The van der Waals surface area contributed by atoms with Crippen molar-refractivity contribution in [1.82, 2.24) is 0 Å². The molecular weight excluding hydrogens is 366 g/mol. The number of aromatic hydroxyl groups is 1. The van der Waals surface area contributed by atoms with E-state index in [2.05, 4.69) is 19.2 Å². The molecule has 0 aliphatic carbocycles. The lowest BCUT2D eigenvalue weighted by Crippen LogP contribution is -2.30. The summed E-state index contributed by atoms with van der Waals surface area (Å²) in [5, 5.41) is 14.7. The van der Waals surface area contributed by atoms with E-state index in [9.17, 15) is 14.7 Å². The summed E-state index contributed by atoms with van der Waals surface area (Å²) in [6.45, 7) is 5.69. The fraction of sp³-hybridized carbons (Fsp3) is 0.250. The van der Waals surface area contributed by atoms with Gasteiger partial charge in [-0.3, -0.25) is 4.79 Å². The molecule has 3 rings (SSSR count). The van der Waals surface area contributed by atoms with E-state index >= 15 is 0 Å². The van der Waals surface area contributed by atoms with Gasteiger partial charge in [0.05, 0.1) is 0 Å². The molecule has 0 fully saturated rings. The molecule has 1 amide bonds. The summed E-state index contributed by atoms with van der Waals surface area (Å²) in [6, 6.07) is 18.1. The van der Waals surface area contributed by atoms with Crippen molar-refractivity contribution in [2.45, 2.75) is 39.2 Å². The summed E-state index contributed by atoms with van der Waals surface area (Å²) in [6.07, 6.45) is -0.0723. The molecule has 3 aromatic rings. The van der Waals surface area contributed by atoms with Crippen LogP contribution in [-0.2, 0) is 9.53 Å². The van der Waals surface area contributed by atoms with Crippen LogP contribution in [0.25, 0.3) is 10.8 Å². The quantitative estimate of drug-likeness (QED) is 0.563. The Balaban J connectivity index is 1.73. The van der Waals surface area contributed by atoms with E-state index in [0.717, 1.165) is 22.8 Å². The van der Waals surface area contributed by atoms with Gasteiger partial charge in [0.2, 0.25) is 0 Å². The van der Waals surface area contributed by atoms with Gasteiger partial charge in [-0.2, -0.15) is 0 Å².